The highest BCUT2D eigenvalue weighted by molar-refractivity contribution is 5.96. The molecule has 0 N–H and O–H groups in total. The summed E-state index contributed by atoms with van der Waals surface area (Å²) in [5.74, 6) is -0.965. The Hall–Kier alpha value is -3.61. The van der Waals surface area contributed by atoms with Crippen molar-refractivity contribution >= 4 is 27.8 Å². The molecule has 0 spiro atoms. The Morgan fingerprint density at radius 3 is 2.43 bits per heavy atom. The van der Waals surface area contributed by atoms with Gasteiger partial charge in [0.2, 0.25) is 0 Å². The van der Waals surface area contributed by atoms with Crippen LogP contribution in [0.25, 0.3) is 32.9 Å². The third-order valence-electron chi connectivity index (χ3n) is 4.63. The van der Waals surface area contributed by atoms with Crippen molar-refractivity contribution in [3.63, 3.8) is 0 Å². The summed E-state index contributed by atoms with van der Waals surface area (Å²) in [6.45, 7) is 5.24. The summed E-state index contributed by atoms with van der Waals surface area (Å²) in [4.78, 5) is 33.7. The zero-order valence-corrected chi connectivity index (χ0v) is 16.8. The van der Waals surface area contributed by atoms with Gasteiger partial charge in [0.1, 0.15) is 24.3 Å². The first-order chi connectivity index (χ1) is 14.2. The van der Waals surface area contributed by atoms with E-state index in [0.717, 1.165) is 11.1 Å². The van der Waals surface area contributed by atoms with Gasteiger partial charge in [-0.2, -0.15) is 0 Å². The first-order valence-electron chi connectivity index (χ1n) is 9.46. The topological polar surface area (TPSA) is 74.1 Å². The molecule has 30 heavy (non-hydrogen) atoms. The van der Waals surface area contributed by atoms with E-state index in [1.54, 1.807) is 49.9 Å². The lowest BCUT2D eigenvalue weighted by Gasteiger charge is -2.21. The van der Waals surface area contributed by atoms with Crippen molar-refractivity contribution in [1.29, 1.82) is 0 Å². The number of hydrogen-bond acceptors (Lipinski definition) is 5. The maximum atomic E-state index is 13.9. The molecule has 152 valence electrons. The van der Waals surface area contributed by atoms with Crippen molar-refractivity contribution in [2.24, 2.45) is 0 Å². The molecule has 0 atom stereocenters. The molecule has 2 heterocycles. The molecule has 2 aromatic carbocycles. The van der Waals surface area contributed by atoms with Gasteiger partial charge in [0.25, 0.3) is 0 Å². The van der Waals surface area contributed by atoms with Crippen LogP contribution in [0.5, 0.6) is 0 Å². The summed E-state index contributed by atoms with van der Waals surface area (Å²) in [5.41, 5.74) is 1.63. The van der Waals surface area contributed by atoms with Gasteiger partial charge in [-0.3, -0.25) is 9.59 Å². The standard InChI is InChI=1S/C23H20FN3O3/c1-23(2,3)30-21(28)12-27-19-7-5-16(24)9-18(19)22(29)17-6-4-14(8-20(17)27)15-10-25-13-26-11-15/h4-11,13H,12H2,1-3H3. The molecule has 7 heteroatoms. The average Bonchev–Trinajstić information content (AvgIpc) is 2.70. The summed E-state index contributed by atoms with van der Waals surface area (Å²) in [5, 5.41) is 0.596. The Bertz CT molecular complexity index is 1330. The van der Waals surface area contributed by atoms with Crippen LogP contribution in [0, 0.1) is 5.82 Å². The van der Waals surface area contributed by atoms with E-state index in [1.165, 1.54) is 24.5 Å². The van der Waals surface area contributed by atoms with Crippen molar-refractivity contribution in [1.82, 2.24) is 14.5 Å². The van der Waals surface area contributed by atoms with E-state index >= 15 is 0 Å². The normalized spacial score (nSPS) is 11.7. The number of carbonyl (C=O) groups excluding carboxylic acids is 1. The summed E-state index contributed by atoms with van der Waals surface area (Å²) in [6.07, 6.45) is 4.77. The third kappa shape index (κ3) is 3.78. The number of ether oxygens (including phenoxy) is 1. The summed E-state index contributed by atoms with van der Waals surface area (Å²) in [7, 11) is 0. The molecule has 2 aromatic heterocycles. The zero-order chi connectivity index (χ0) is 21.5. The predicted molar refractivity (Wildman–Crippen MR) is 113 cm³/mol. The van der Waals surface area contributed by atoms with Gasteiger partial charge in [0, 0.05) is 28.7 Å². The minimum Gasteiger partial charge on any atom is -0.459 e. The van der Waals surface area contributed by atoms with Crippen LogP contribution in [0.3, 0.4) is 0 Å². The van der Waals surface area contributed by atoms with Gasteiger partial charge in [0.05, 0.1) is 11.0 Å². The number of nitrogens with zero attached hydrogens (tertiary/aromatic N) is 3. The SMILES string of the molecule is CC(C)(C)OC(=O)Cn1c2ccc(F)cc2c(=O)c2ccc(-c3cncnc3)cc21. The smallest absolute Gasteiger partial charge is 0.326 e. The predicted octanol–water partition coefficient (Wildman–Crippen LogP) is 4.09. The summed E-state index contributed by atoms with van der Waals surface area (Å²) < 4.78 is 21.0. The molecule has 0 unspecified atom stereocenters. The highest BCUT2D eigenvalue weighted by Crippen LogP contribution is 2.26. The van der Waals surface area contributed by atoms with Gasteiger partial charge in [-0.05, 0) is 56.7 Å². The second kappa shape index (κ2) is 7.33. The number of benzene rings is 2. The molecule has 0 aliphatic heterocycles. The van der Waals surface area contributed by atoms with E-state index in [9.17, 15) is 14.0 Å². The van der Waals surface area contributed by atoms with Crippen molar-refractivity contribution in [3.8, 4) is 11.1 Å². The number of aromatic nitrogens is 3. The fourth-order valence-electron chi connectivity index (χ4n) is 3.45. The van der Waals surface area contributed by atoms with Gasteiger partial charge in [-0.1, -0.05) is 6.07 Å². The van der Waals surface area contributed by atoms with Gasteiger partial charge in [-0.15, -0.1) is 0 Å². The van der Waals surface area contributed by atoms with Gasteiger partial charge >= 0.3 is 5.97 Å². The molecular formula is C23H20FN3O3. The summed E-state index contributed by atoms with van der Waals surface area (Å²) in [6, 6.07) is 9.24. The lowest BCUT2D eigenvalue weighted by Crippen LogP contribution is -2.27. The number of esters is 1. The molecule has 4 aromatic rings. The number of halogens is 1. The van der Waals surface area contributed by atoms with Crippen LogP contribution in [0.2, 0.25) is 0 Å². The maximum absolute atomic E-state index is 13.9. The minimum atomic E-state index is -0.652. The van der Waals surface area contributed by atoms with Crippen LogP contribution in [-0.2, 0) is 16.1 Å². The average molecular weight is 405 g/mol. The van der Waals surface area contributed by atoms with Crippen molar-refractivity contribution in [3.05, 3.63) is 71.2 Å². The monoisotopic (exact) mass is 405 g/mol. The van der Waals surface area contributed by atoms with E-state index < -0.39 is 17.4 Å². The summed E-state index contributed by atoms with van der Waals surface area (Å²) >= 11 is 0. The molecule has 0 radical (unpaired) electrons. The fourth-order valence-corrected chi connectivity index (χ4v) is 3.45. The van der Waals surface area contributed by atoms with E-state index in [-0.39, 0.29) is 17.4 Å². The fraction of sp³-hybridized carbons (Fsp3) is 0.217. The molecule has 0 aliphatic rings. The number of hydrogen-bond donors (Lipinski definition) is 0. The Balaban J connectivity index is 1.99. The van der Waals surface area contributed by atoms with Gasteiger partial charge in [0.15, 0.2) is 5.43 Å². The second-order valence-corrected chi connectivity index (χ2v) is 8.02. The van der Waals surface area contributed by atoms with Crippen molar-refractivity contribution in [2.45, 2.75) is 32.9 Å². The molecule has 4 rings (SSSR count). The van der Waals surface area contributed by atoms with Crippen molar-refractivity contribution in [2.75, 3.05) is 0 Å². The van der Waals surface area contributed by atoms with Crippen LogP contribution >= 0.6 is 0 Å². The van der Waals surface area contributed by atoms with E-state index in [2.05, 4.69) is 9.97 Å². The quantitative estimate of drug-likeness (QED) is 0.379. The van der Waals surface area contributed by atoms with E-state index in [0.29, 0.717) is 16.4 Å². The molecule has 6 nitrogen and oxygen atoms in total. The molecule has 0 aliphatic carbocycles. The lowest BCUT2D eigenvalue weighted by atomic mass is 10.0. The molecule has 0 saturated heterocycles. The first-order valence-corrected chi connectivity index (χ1v) is 9.46. The number of carbonyl (C=O) groups is 1. The lowest BCUT2D eigenvalue weighted by molar-refractivity contribution is -0.155. The molecular weight excluding hydrogens is 385 g/mol. The Morgan fingerprint density at radius 2 is 1.73 bits per heavy atom. The van der Waals surface area contributed by atoms with Gasteiger partial charge < -0.3 is 9.30 Å². The first kappa shape index (κ1) is 19.7. The minimum absolute atomic E-state index is 0.120. The van der Waals surface area contributed by atoms with E-state index in [1.807, 2.05) is 6.07 Å². The molecule has 0 bridgehead atoms. The highest BCUT2D eigenvalue weighted by Gasteiger charge is 2.19. The van der Waals surface area contributed by atoms with Crippen LogP contribution < -0.4 is 5.43 Å². The van der Waals surface area contributed by atoms with E-state index in [4.69, 9.17) is 4.74 Å². The molecule has 0 amide bonds. The highest BCUT2D eigenvalue weighted by atomic mass is 19.1. The molecule has 0 saturated carbocycles. The van der Waals surface area contributed by atoms with Crippen LogP contribution in [-0.4, -0.2) is 26.1 Å². The number of rotatable bonds is 3. The van der Waals surface area contributed by atoms with Crippen LogP contribution in [0.1, 0.15) is 20.8 Å². The van der Waals surface area contributed by atoms with Crippen LogP contribution in [0.15, 0.2) is 59.9 Å². The Labute approximate surface area is 172 Å². The number of pyridine rings is 1. The second-order valence-electron chi connectivity index (χ2n) is 8.02. The van der Waals surface area contributed by atoms with Crippen LogP contribution in [0.4, 0.5) is 4.39 Å². The largest absolute Gasteiger partial charge is 0.459 e. The Morgan fingerprint density at radius 1 is 1.00 bits per heavy atom. The number of fused-ring (bicyclic) bond motifs is 2. The third-order valence-corrected chi connectivity index (χ3v) is 4.63. The Kier molecular flexibility index (Phi) is 4.81. The van der Waals surface area contributed by atoms with Gasteiger partial charge in [-0.25, -0.2) is 14.4 Å². The molecule has 0 fully saturated rings. The maximum Gasteiger partial charge on any atom is 0.326 e. The zero-order valence-electron chi connectivity index (χ0n) is 16.8. The van der Waals surface area contributed by atoms with Crippen molar-refractivity contribution < 1.29 is 13.9 Å².